The monoisotopic (exact) mass is 332 g/mol. The third-order valence-electron chi connectivity index (χ3n) is 4.36. The first kappa shape index (κ1) is 13.9. The van der Waals surface area contributed by atoms with Crippen LogP contribution in [0.5, 0.6) is 0 Å². The van der Waals surface area contributed by atoms with Gasteiger partial charge in [0.25, 0.3) is 0 Å². The number of fused-ring (bicyclic) bond motifs is 1. The molecule has 0 radical (unpaired) electrons. The summed E-state index contributed by atoms with van der Waals surface area (Å²) in [5.74, 6) is 2.69. The van der Waals surface area contributed by atoms with Gasteiger partial charge in [-0.2, -0.15) is 0 Å². The number of hydrogen-bond acceptors (Lipinski definition) is 2. The molecule has 1 N–H and O–H groups in total. The van der Waals surface area contributed by atoms with E-state index in [0.29, 0.717) is 0 Å². The van der Waals surface area contributed by atoms with Gasteiger partial charge in [-0.3, -0.25) is 0 Å². The second-order valence-electron chi connectivity index (χ2n) is 6.01. The van der Waals surface area contributed by atoms with Crippen LogP contribution in [0, 0.1) is 11.8 Å². The predicted octanol–water partition coefficient (Wildman–Crippen LogP) is 5.24. The molecule has 1 aliphatic rings. The van der Waals surface area contributed by atoms with Crippen LogP contribution < -0.4 is 5.32 Å². The number of nitrogens with one attached hydrogen (secondary N) is 1. The molecule has 3 heteroatoms. The zero-order valence-electron chi connectivity index (χ0n) is 11.9. The standard InChI is InChI=1S/C17H21BrN2/c1-12-4-2-5-13(10-12)11-20-17-15-6-3-7-16(18)14(15)8-9-19-17/h3,6-9,12-13H,2,4-5,10-11H2,1H3,(H,19,20). The van der Waals surface area contributed by atoms with E-state index in [1.807, 2.05) is 6.20 Å². The molecule has 0 spiro atoms. The molecule has 1 aromatic carbocycles. The Morgan fingerprint density at radius 1 is 1.25 bits per heavy atom. The molecule has 1 heterocycles. The lowest BCUT2D eigenvalue weighted by Gasteiger charge is -2.27. The zero-order valence-corrected chi connectivity index (χ0v) is 13.5. The van der Waals surface area contributed by atoms with Crippen LogP contribution in [-0.4, -0.2) is 11.5 Å². The third-order valence-corrected chi connectivity index (χ3v) is 5.05. The summed E-state index contributed by atoms with van der Waals surface area (Å²) < 4.78 is 1.13. The van der Waals surface area contributed by atoms with E-state index < -0.39 is 0 Å². The van der Waals surface area contributed by atoms with Crippen molar-refractivity contribution in [3.05, 3.63) is 34.9 Å². The minimum Gasteiger partial charge on any atom is -0.369 e. The van der Waals surface area contributed by atoms with Gasteiger partial charge in [0.1, 0.15) is 5.82 Å². The van der Waals surface area contributed by atoms with Crippen LogP contribution in [0.4, 0.5) is 5.82 Å². The van der Waals surface area contributed by atoms with Crippen molar-refractivity contribution in [2.24, 2.45) is 11.8 Å². The Bertz CT molecular complexity index is 597. The third kappa shape index (κ3) is 2.98. The lowest BCUT2D eigenvalue weighted by atomic mass is 9.82. The van der Waals surface area contributed by atoms with Crippen molar-refractivity contribution >= 4 is 32.5 Å². The highest BCUT2D eigenvalue weighted by Gasteiger charge is 2.18. The summed E-state index contributed by atoms with van der Waals surface area (Å²) in [5, 5.41) is 6.00. The molecule has 20 heavy (non-hydrogen) atoms. The molecular formula is C17H21BrN2. The fraction of sp³-hybridized carbons (Fsp3) is 0.471. The smallest absolute Gasteiger partial charge is 0.133 e. The number of anilines is 1. The van der Waals surface area contributed by atoms with Crippen molar-refractivity contribution in [3.8, 4) is 0 Å². The van der Waals surface area contributed by atoms with Crippen LogP contribution in [0.3, 0.4) is 0 Å². The van der Waals surface area contributed by atoms with Gasteiger partial charge in [0.2, 0.25) is 0 Å². The summed E-state index contributed by atoms with van der Waals surface area (Å²) in [7, 11) is 0. The Morgan fingerprint density at radius 2 is 2.15 bits per heavy atom. The summed E-state index contributed by atoms with van der Waals surface area (Å²) in [5.41, 5.74) is 0. The summed E-state index contributed by atoms with van der Waals surface area (Å²) in [4.78, 5) is 4.52. The quantitative estimate of drug-likeness (QED) is 0.831. The Hall–Kier alpha value is -1.09. The molecule has 2 aromatic rings. The number of aromatic nitrogens is 1. The van der Waals surface area contributed by atoms with Crippen LogP contribution in [0.15, 0.2) is 34.9 Å². The van der Waals surface area contributed by atoms with Crippen LogP contribution in [0.25, 0.3) is 10.8 Å². The molecule has 0 saturated heterocycles. The number of nitrogens with zero attached hydrogens (tertiary/aromatic N) is 1. The molecule has 0 bridgehead atoms. The van der Waals surface area contributed by atoms with Gasteiger partial charge in [0.05, 0.1) is 0 Å². The topological polar surface area (TPSA) is 24.9 Å². The maximum atomic E-state index is 4.52. The molecule has 3 rings (SSSR count). The van der Waals surface area contributed by atoms with Gasteiger partial charge in [0.15, 0.2) is 0 Å². The lowest BCUT2D eigenvalue weighted by Crippen LogP contribution is -2.21. The molecular weight excluding hydrogens is 312 g/mol. The van der Waals surface area contributed by atoms with Crippen LogP contribution in [0.1, 0.15) is 32.6 Å². The van der Waals surface area contributed by atoms with E-state index in [-0.39, 0.29) is 0 Å². The average Bonchev–Trinajstić information content (AvgIpc) is 2.46. The van der Waals surface area contributed by atoms with Gasteiger partial charge in [-0.05, 0) is 36.8 Å². The van der Waals surface area contributed by atoms with Crippen molar-refractivity contribution in [2.45, 2.75) is 32.6 Å². The second kappa shape index (κ2) is 6.13. The summed E-state index contributed by atoms with van der Waals surface area (Å²) in [6.45, 7) is 3.42. The minimum atomic E-state index is 0.794. The average molecular weight is 333 g/mol. The molecule has 106 valence electrons. The van der Waals surface area contributed by atoms with Crippen LogP contribution >= 0.6 is 15.9 Å². The van der Waals surface area contributed by atoms with Crippen molar-refractivity contribution in [2.75, 3.05) is 11.9 Å². The van der Waals surface area contributed by atoms with Crippen molar-refractivity contribution in [1.82, 2.24) is 4.98 Å². The van der Waals surface area contributed by atoms with Gasteiger partial charge in [-0.1, -0.05) is 47.8 Å². The second-order valence-corrected chi connectivity index (χ2v) is 6.87. The van der Waals surface area contributed by atoms with Gasteiger partial charge in [-0.15, -0.1) is 0 Å². The molecule has 1 saturated carbocycles. The highest BCUT2D eigenvalue weighted by atomic mass is 79.9. The minimum absolute atomic E-state index is 0.794. The Morgan fingerprint density at radius 3 is 3.00 bits per heavy atom. The first-order valence-corrected chi connectivity index (χ1v) is 8.30. The largest absolute Gasteiger partial charge is 0.369 e. The Labute approximate surface area is 129 Å². The fourth-order valence-electron chi connectivity index (χ4n) is 3.30. The van der Waals surface area contributed by atoms with Crippen LogP contribution in [0.2, 0.25) is 0 Å². The molecule has 1 aromatic heterocycles. The molecule has 0 amide bonds. The van der Waals surface area contributed by atoms with E-state index in [1.54, 1.807) is 0 Å². The molecule has 2 nitrogen and oxygen atoms in total. The van der Waals surface area contributed by atoms with Gasteiger partial charge >= 0.3 is 0 Å². The van der Waals surface area contributed by atoms with Crippen molar-refractivity contribution < 1.29 is 0 Å². The summed E-state index contributed by atoms with van der Waals surface area (Å²) >= 11 is 3.61. The first-order chi connectivity index (χ1) is 9.74. The summed E-state index contributed by atoms with van der Waals surface area (Å²) in [6.07, 6.45) is 7.37. The highest BCUT2D eigenvalue weighted by molar-refractivity contribution is 9.10. The zero-order chi connectivity index (χ0) is 13.9. The van der Waals surface area contributed by atoms with E-state index in [0.717, 1.165) is 28.7 Å². The number of pyridine rings is 1. The maximum absolute atomic E-state index is 4.52. The maximum Gasteiger partial charge on any atom is 0.133 e. The van der Waals surface area contributed by atoms with Crippen molar-refractivity contribution in [3.63, 3.8) is 0 Å². The van der Waals surface area contributed by atoms with Crippen molar-refractivity contribution in [1.29, 1.82) is 0 Å². The number of benzene rings is 1. The van der Waals surface area contributed by atoms with E-state index >= 15 is 0 Å². The number of hydrogen-bond donors (Lipinski definition) is 1. The van der Waals surface area contributed by atoms with Gasteiger partial charge in [-0.25, -0.2) is 4.98 Å². The Balaban J connectivity index is 1.76. The van der Waals surface area contributed by atoms with Gasteiger partial charge < -0.3 is 5.32 Å². The Kier molecular flexibility index (Phi) is 4.25. The lowest BCUT2D eigenvalue weighted by molar-refractivity contribution is 0.293. The molecule has 1 aliphatic carbocycles. The fourth-order valence-corrected chi connectivity index (χ4v) is 3.79. The highest BCUT2D eigenvalue weighted by Crippen LogP contribution is 2.30. The van der Waals surface area contributed by atoms with E-state index in [1.165, 1.54) is 36.5 Å². The molecule has 0 aliphatic heterocycles. The number of halogens is 1. The predicted molar refractivity (Wildman–Crippen MR) is 89.1 cm³/mol. The van der Waals surface area contributed by atoms with Crippen LogP contribution in [-0.2, 0) is 0 Å². The molecule has 2 atom stereocenters. The first-order valence-electron chi connectivity index (χ1n) is 7.51. The van der Waals surface area contributed by atoms with Gasteiger partial charge in [0, 0.05) is 28.0 Å². The normalized spacial score (nSPS) is 22.9. The molecule has 2 unspecified atom stereocenters. The summed E-state index contributed by atoms with van der Waals surface area (Å²) in [6, 6.07) is 8.35. The number of rotatable bonds is 3. The van der Waals surface area contributed by atoms with E-state index in [9.17, 15) is 0 Å². The van der Waals surface area contributed by atoms with E-state index in [4.69, 9.17) is 0 Å². The molecule has 1 fully saturated rings. The SMILES string of the molecule is CC1CCCC(CNc2nccc3c(Br)cccc23)C1. The van der Waals surface area contributed by atoms with E-state index in [2.05, 4.69) is 57.4 Å².